The minimum atomic E-state index is -0.109. The van der Waals surface area contributed by atoms with E-state index in [-0.39, 0.29) is 17.1 Å². The van der Waals surface area contributed by atoms with Gasteiger partial charge in [-0.15, -0.1) is 0 Å². The number of hydrogen-bond donors (Lipinski definition) is 1. The molecule has 30 heavy (non-hydrogen) atoms. The average Bonchev–Trinajstić information content (AvgIpc) is 2.71. The molecular formula is C24H43B3NO2. The second-order valence-corrected chi connectivity index (χ2v) is 10.5. The normalized spacial score (nSPS) is 28.1. The summed E-state index contributed by atoms with van der Waals surface area (Å²) in [5.41, 5.74) is 0. The third kappa shape index (κ3) is 10.6. The first kappa shape index (κ1) is 25.6. The van der Waals surface area contributed by atoms with Crippen molar-refractivity contribution in [3.8, 4) is 0 Å². The molecule has 1 saturated heterocycles. The van der Waals surface area contributed by atoms with Crippen LogP contribution in [0.2, 0.25) is 10.6 Å². The lowest BCUT2D eigenvalue weighted by Crippen LogP contribution is -2.34. The van der Waals surface area contributed by atoms with Gasteiger partial charge < -0.3 is 0 Å². The Labute approximate surface area is 188 Å². The van der Waals surface area contributed by atoms with Gasteiger partial charge in [0.15, 0.2) is 0 Å². The predicted octanol–water partition coefficient (Wildman–Crippen LogP) is 5.98. The number of amides is 2. The molecule has 2 amide bonds. The number of imide groups is 1. The predicted molar refractivity (Wildman–Crippen MR) is 130 cm³/mol. The first-order valence-corrected chi connectivity index (χ1v) is 12.8. The molecule has 0 aromatic heterocycles. The number of carbonyl (C=O) groups is 2. The fourth-order valence-corrected chi connectivity index (χ4v) is 5.06. The average molecular weight is 410 g/mol. The lowest BCUT2D eigenvalue weighted by Gasteiger charge is -2.34. The van der Waals surface area contributed by atoms with Gasteiger partial charge in [-0.3, -0.25) is 14.9 Å². The van der Waals surface area contributed by atoms with Crippen molar-refractivity contribution in [3.05, 3.63) is 0 Å². The zero-order valence-corrected chi connectivity index (χ0v) is 19.8. The van der Waals surface area contributed by atoms with Crippen LogP contribution in [-0.2, 0) is 9.59 Å². The summed E-state index contributed by atoms with van der Waals surface area (Å²) in [5.74, 6) is -0.212. The molecule has 1 aliphatic carbocycles. The van der Waals surface area contributed by atoms with Crippen LogP contribution in [0.15, 0.2) is 0 Å². The van der Waals surface area contributed by atoms with Crippen LogP contribution < -0.4 is 5.32 Å². The van der Waals surface area contributed by atoms with Gasteiger partial charge in [0.25, 0.3) is 0 Å². The first-order chi connectivity index (χ1) is 14.4. The number of nitrogens with one attached hydrogen (secondary N) is 1. The molecule has 165 valence electrons. The van der Waals surface area contributed by atoms with E-state index in [2.05, 4.69) is 40.6 Å². The van der Waals surface area contributed by atoms with E-state index in [1.165, 1.54) is 77.0 Å². The van der Waals surface area contributed by atoms with Gasteiger partial charge in [0.1, 0.15) is 0 Å². The van der Waals surface area contributed by atoms with E-state index < -0.39 is 0 Å². The monoisotopic (exact) mass is 410 g/mol. The summed E-state index contributed by atoms with van der Waals surface area (Å²) in [6.07, 6.45) is 20.7. The first-order valence-electron chi connectivity index (χ1n) is 12.8. The minimum Gasteiger partial charge on any atom is -0.296 e. The van der Waals surface area contributed by atoms with Crippen molar-refractivity contribution >= 4 is 33.2 Å². The molecule has 0 aromatic carbocycles. The van der Waals surface area contributed by atoms with Gasteiger partial charge in [-0.05, 0) is 12.8 Å². The lowest BCUT2D eigenvalue weighted by molar-refractivity contribution is -0.130. The summed E-state index contributed by atoms with van der Waals surface area (Å²) in [5, 5.41) is 2.91. The van der Waals surface area contributed by atoms with Crippen LogP contribution in [0.3, 0.4) is 0 Å². The highest BCUT2D eigenvalue weighted by Crippen LogP contribution is 2.40. The van der Waals surface area contributed by atoms with Crippen LogP contribution in [0.25, 0.3) is 0 Å². The second-order valence-electron chi connectivity index (χ2n) is 10.5. The Morgan fingerprint density at radius 1 is 0.567 bits per heavy atom. The summed E-state index contributed by atoms with van der Waals surface area (Å²) in [7, 11) is 7.14. The van der Waals surface area contributed by atoms with Gasteiger partial charge >= 0.3 is 0 Å². The fraction of sp³-hybridized carbons (Fsp3) is 0.917. The number of hydrogen-bond acceptors (Lipinski definition) is 2. The maximum atomic E-state index is 12.2. The third-order valence-electron chi connectivity index (χ3n) is 7.35. The summed E-state index contributed by atoms with van der Waals surface area (Å²) in [6.45, 7) is 4.73. The highest BCUT2D eigenvalue weighted by Gasteiger charge is 2.29. The molecule has 1 unspecified atom stereocenters. The van der Waals surface area contributed by atoms with Crippen molar-refractivity contribution in [2.75, 3.05) is 0 Å². The molecule has 0 spiro atoms. The molecule has 1 saturated carbocycles. The van der Waals surface area contributed by atoms with E-state index in [1.807, 2.05) is 0 Å². The summed E-state index contributed by atoms with van der Waals surface area (Å²) in [4.78, 5) is 24.1. The molecule has 3 radical (unpaired) electrons. The largest absolute Gasteiger partial charge is 0.296 e. The Kier molecular flexibility index (Phi) is 11.7. The molecule has 1 heterocycles. The van der Waals surface area contributed by atoms with Gasteiger partial charge in [0.2, 0.25) is 11.8 Å². The summed E-state index contributed by atoms with van der Waals surface area (Å²) in [6, 6.07) is 0. The lowest BCUT2D eigenvalue weighted by atomic mass is 9.09. The van der Waals surface area contributed by atoms with E-state index in [4.69, 9.17) is 0 Å². The van der Waals surface area contributed by atoms with Crippen LogP contribution >= 0.6 is 0 Å². The Bertz CT molecular complexity index is 519. The molecule has 2 aliphatic rings. The molecule has 3 nitrogen and oxygen atoms in total. The Morgan fingerprint density at radius 3 is 1.50 bits per heavy atom. The molecular weight excluding hydrogens is 367 g/mol. The van der Waals surface area contributed by atoms with Crippen LogP contribution in [0.4, 0.5) is 0 Å². The SMILES string of the molecule is CC1([B][B][B]C2(C)CCCCCCCC(=O)NC(=O)CC2)CCCCCCCCC1. The van der Waals surface area contributed by atoms with E-state index >= 15 is 0 Å². The van der Waals surface area contributed by atoms with E-state index in [0.717, 1.165) is 25.7 Å². The molecule has 0 aromatic rings. The zero-order valence-electron chi connectivity index (χ0n) is 19.8. The van der Waals surface area contributed by atoms with E-state index in [9.17, 15) is 9.59 Å². The van der Waals surface area contributed by atoms with Gasteiger partial charge in [-0.1, -0.05) is 114 Å². The second kappa shape index (κ2) is 13.7. The van der Waals surface area contributed by atoms with Crippen molar-refractivity contribution in [2.45, 2.75) is 140 Å². The summed E-state index contributed by atoms with van der Waals surface area (Å²) < 4.78 is 0. The Hall–Kier alpha value is -0.665. The maximum absolute atomic E-state index is 12.2. The molecule has 1 aliphatic heterocycles. The van der Waals surface area contributed by atoms with Gasteiger partial charge in [0, 0.05) is 19.9 Å². The molecule has 1 atom stereocenters. The standard InChI is InChI=1S/C24H43B3NO2/c1-23(17-12-8-4-3-5-9-13-18-23)25-27-26-24(2)19-14-10-6-7-11-15-21(29)28-22(30)16-20-24/h3-20H2,1-2H3,(H,28,29,30). The van der Waals surface area contributed by atoms with Crippen LogP contribution in [0, 0.1) is 0 Å². The molecule has 2 fully saturated rings. The number of rotatable bonds is 4. The van der Waals surface area contributed by atoms with Crippen molar-refractivity contribution < 1.29 is 9.59 Å². The number of carbonyl (C=O) groups excluding carboxylic acids is 2. The Morgan fingerprint density at radius 2 is 0.967 bits per heavy atom. The van der Waals surface area contributed by atoms with Crippen molar-refractivity contribution in [1.29, 1.82) is 0 Å². The van der Waals surface area contributed by atoms with E-state index in [1.54, 1.807) is 0 Å². The van der Waals surface area contributed by atoms with Crippen molar-refractivity contribution in [1.82, 2.24) is 5.32 Å². The van der Waals surface area contributed by atoms with Crippen LogP contribution in [0.5, 0.6) is 0 Å². The van der Waals surface area contributed by atoms with Crippen LogP contribution in [0.1, 0.15) is 129 Å². The minimum absolute atomic E-state index is 0.0251. The van der Waals surface area contributed by atoms with Gasteiger partial charge in [-0.25, -0.2) is 0 Å². The summed E-state index contributed by atoms with van der Waals surface area (Å²) >= 11 is 0. The van der Waals surface area contributed by atoms with Gasteiger partial charge in [0.05, 0.1) is 14.3 Å². The molecule has 6 heteroatoms. The Balaban J connectivity index is 1.87. The quantitative estimate of drug-likeness (QED) is 0.458. The smallest absolute Gasteiger partial charge is 0.226 e. The van der Waals surface area contributed by atoms with E-state index in [0.29, 0.717) is 18.2 Å². The maximum Gasteiger partial charge on any atom is 0.226 e. The molecule has 2 rings (SSSR count). The third-order valence-corrected chi connectivity index (χ3v) is 7.35. The highest BCUT2D eigenvalue weighted by molar-refractivity contribution is 7.30. The van der Waals surface area contributed by atoms with Crippen LogP contribution in [-0.4, -0.2) is 33.2 Å². The zero-order chi connectivity index (χ0) is 21.7. The molecule has 0 bridgehead atoms. The van der Waals surface area contributed by atoms with Crippen molar-refractivity contribution in [2.24, 2.45) is 0 Å². The van der Waals surface area contributed by atoms with Gasteiger partial charge in [-0.2, -0.15) is 0 Å². The fourth-order valence-electron chi connectivity index (χ4n) is 5.06. The highest BCUT2D eigenvalue weighted by atomic mass is 16.2. The molecule has 1 N–H and O–H groups in total. The topological polar surface area (TPSA) is 46.2 Å². The van der Waals surface area contributed by atoms with Crippen molar-refractivity contribution in [3.63, 3.8) is 0 Å².